The Balaban J connectivity index is 1.65. The number of rotatable bonds is 6. The van der Waals surface area contributed by atoms with Crippen molar-refractivity contribution in [1.29, 1.82) is 0 Å². The first kappa shape index (κ1) is 13.6. The molecule has 2 atom stereocenters. The summed E-state index contributed by atoms with van der Waals surface area (Å²) in [5, 5.41) is 3.67. The molecule has 1 aliphatic carbocycles. The van der Waals surface area contributed by atoms with Crippen LogP contribution in [0.3, 0.4) is 0 Å². The van der Waals surface area contributed by atoms with Crippen molar-refractivity contribution in [3.05, 3.63) is 35.9 Å². The van der Waals surface area contributed by atoms with Gasteiger partial charge in [-0.2, -0.15) is 0 Å². The number of benzene rings is 1. The molecule has 18 heavy (non-hydrogen) atoms. The van der Waals surface area contributed by atoms with E-state index in [4.69, 9.17) is 4.74 Å². The van der Waals surface area contributed by atoms with Crippen LogP contribution in [0.15, 0.2) is 30.3 Å². The van der Waals surface area contributed by atoms with E-state index in [1.165, 1.54) is 37.7 Å². The van der Waals surface area contributed by atoms with Gasteiger partial charge in [-0.1, -0.05) is 43.2 Å². The topological polar surface area (TPSA) is 21.3 Å². The lowest BCUT2D eigenvalue weighted by Crippen LogP contribution is -2.43. The average Bonchev–Trinajstić information content (AvgIpc) is 2.45. The van der Waals surface area contributed by atoms with Gasteiger partial charge in [-0.05, 0) is 37.8 Å². The summed E-state index contributed by atoms with van der Waals surface area (Å²) in [5.41, 5.74) is 1.44. The van der Waals surface area contributed by atoms with E-state index in [0.717, 1.165) is 13.0 Å². The highest BCUT2D eigenvalue weighted by Gasteiger charge is 2.23. The summed E-state index contributed by atoms with van der Waals surface area (Å²) in [4.78, 5) is 0. The fraction of sp³-hybridized carbons (Fsp3) is 0.625. The average molecular weight is 247 g/mol. The van der Waals surface area contributed by atoms with Gasteiger partial charge in [0.2, 0.25) is 0 Å². The molecule has 0 bridgehead atoms. The van der Waals surface area contributed by atoms with Crippen LogP contribution in [0, 0.1) is 0 Å². The third kappa shape index (κ3) is 4.11. The number of aryl methyl sites for hydroxylation is 1. The summed E-state index contributed by atoms with van der Waals surface area (Å²) in [6.45, 7) is 1.10. The Labute approximate surface area is 111 Å². The molecule has 0 aromatic heterocycles. The van der Waals surface area contributed by atoms with Gasteiger partial charge in [0.05, 0.1) is 6.10 Å². The van der Waals surface area contributed by atoms with Crippen LogP contribution in [0.25, 0.3) is 0 Å². The quantitative estimate of drug-likeness (QED) is 0.780. The predicted octanol–water partition coefficient (Wildman–Crippen LogP) is 3.17. The Hall–Kier alpha value is -0.860. The molecular weight excluding hydrogens is 222 g/mol. The number of ether oxygens (including phenoxy) is 1. The maximum atomic E-state index is 5.56. The smallest absolute Gasteiger partial charge is 0.0724 e. The zero-order chi connectivity index (χ0) is 12.6. The highest BCUT2D eigenvalue weighted by Crippen LogP contribution is 2.20. The summed E-state index contributed by atoms with van der Waals surface area (Å²) >= 11 is 0. The fourth-order valence-corrected chi connectivity index (χ4v) is 2.84. The number of hydrogen-bond donors (Lipinski definition) is 1. The molecule has 1 aliphatic rings. The first-order valence-electron chi connectivity index (χ1n) is 7.20. The van der Waals surface area contributed by atoms with E-state index in [1.54, 1.807) is 0 Å². The van der Waals surface area contributed by atoms with Gasteiger partial charge in [0.15, 0.2) is 0 Å². The molecule has 2 rings (SSSR count). The molecule has 1 aromatic rings. The molecule has 0 saturated heterocycles. The molecule has 2 nitrogen and oxygen atoms in total. The van der Waals surface area contributed by atoms with E-state index in [2.05, 4.69) is 35.6 Å². The molecule has 0 heterocycles. The maximum absolute atomic E-state index is 5.56. The van der Waals surface area contributed by atoms with Crippen molar-refractivity contribution >= 4 is 0 Å². The summed E-state index contributed by atoms with van der Waals surface area (Å²) in [6, 6.07) is 11.3. The molecule has 2 heteroatoms. The molecule has 0 amide bonds. The van der Waals surface area contributed by atoms with Gasteiger partial charge in [-0.3, -0.25) is 0 Å². The fourth-order valence-electron chi connectivity index (χ4n) is 2.84. The minimum atomic E-state index is 0.426. The Morgan fingerprint density at radius 3 is 2.72 bits per heavy atom. The Bertz CT molecular complexity index is 325. The van der Waals surface area contributed by atoms with Crippen LogP contribution in [0.1, 0.15) is 37.7 Å². The van der Waals surface area contributed by atoms with Crippen LogP contribution in [-0.4, -0.2) is 25.8 Å². The van der Waals surface area contributed by atoms with Gasteiger partial charge >= 0.3 is 0 Å². The monoisotopic (exact) mass is 247 g/mol. The number of methoxy groups -OCH3 is 1. The molecule has 0 radical (unpaired) electrons. The summed E-state index contributed by atoms with van der Waals surface area (Å²) in [7, 11) is 1.84. The Morgan fingerprint density at radius 2 is 1.94 bits per heavy atom. The van der Waals surface area contributed by atoms with Gasteiger partial charge < -0.3 is 10.1 Å². The van der Waals surface area contributed by atoms with E-state index in [9.17, 15) is 0 Å². The standard InChI is InChI=1S/C16H25NO/c1-18-16-12-6-5-11-15(16)17-13-7-10-14-8-3-2-4-9-14/h2-4,8-9,15-17H,5-7,10-13H2,1H3. The summed E-state index contributed by atoms with van der Waals surface area (Å²) in [6.07, 6.45) is 7.94. The van der Waals surface area contributed by atoms with Crippen molar-refractivity contribution in [2.45, 2.75) is 50.7 Å². The van der Waals surface area contributed by atoms with Gasteiger partial charge in [0.25, 0.3) is 0 Å². The van der Waals surface area contributed by atoms with Crippen LogP contribution in [0.5, 0.6) is 0 Å². The normalized spacial score (nSPS) is 24.1. The Kier molecular flexibility index (Phi) is 5.69. The first-order valence-corrected chi connectivity index (χ1v) is 7.20. The number of hydrogen-bond acceptors (Lipinski definition) is 2. The third-order valence-corrected chi connectivity index (χ3v) is 3.90. The van der Waals surface area contributed by atoms with Crippen LogP contribution < -0.4 is 5.32 Å². The van der Waals surface area contributed by atoms with Crippen LogP contribution in [0.4, 0.5) is 0 Å². The lowest BCUT2D eigenvalue weighted by molar-refractivity contribution is 0.0419. The maximum Gasteiger partial charge on any atom is 0.0724 e. The van der Waals surface area contributed by atoms with Crippen LogP contribution >= 0.6 is 0 Å². The first-order chi connectivity index (χ1) is 8.90. The lowest BCUT2D eigenvalue weighted by Gasteiger charge is -2.31. The molecule has 100 valence electrons. The number of nitrogens with one attached hydrogen (secondary N) is 1. The van der Waals surface area contributed by atoms with E-state index in [0.29, 0.717) is 12.1 Å². The summed E-state index contributed by atoms with van der Waals surface area (Å²) in [5.74, 6) is 0. The van der Waals surface area contributed by atoms with E-state index in [-0.39, 0.29) is 0 Å². The van der Waals surface area contributed by atoms with Gasteiger partial charge in [-0.15, -0.1) is 0 Å². The molecule has 0 aliphatic heterocycles. The van der Waals surface area contributed by atoms with Gasteiger partial charge in [0.1, 0.15) is 0 Å². The molecule has 2 unspecified atom stereocenters. The van der Waals surface area contributed by atoms with E-state index < -0.39 is 0 Å². The zero-order valence-electron chi connectivity index (χ0n) is 11.4. The van der Waals surface area contributed by atoms with Crippen molar-refractivity contribution in [1.82, 2.24) is 5.32 Å². The minimum Gasteiger partial charge on any atom is -0.380 e. The predicted molar refractivity (Wildman–Crippen MR) is 75.8 cm³/mol. The second-order valence-corrected chi connectivity index (χ2v) is 5.21. The molecule has 1 fully saturated rings. The van der Waals surface area contributed by atoms with Crippen molar-refractivity contribution < 1.29 is 4.74 Å². The van der Waals surface area contributed by atoms with Gasteiger partial charge in [0, 0.05) is 13.2 Å². The third-order valence-electron chi connectivity index (χ3n) is 3.90. The van der Waals surface area contributed by atoms with E-state index >= 15 is 0 Å². The minimum absolute atomic E-state index is 0.426. The molecule has 1 aromatic carbocycles. The van der Waals surface area contributed by atoms with Crippen molar-refractivity contribution in [2.24, 2.45) is 0 Å². The molecular formula is C16H25NO. The summed E-state index contributed by atoms with van der Waals surface area (Å²) < 4.78 is 5.56. The van der Waals surface area contributed by atoms with Crippen LogP contribution in [-0.2, 0) is 11.2 Å². The molecule has 1 saturated carbocycles. The highest BCUT2D eigenvalue weighted by atomic mass is 16.5. The van der Waals surface area contributed by atoms with Crippen molar-refractivity contribution in [3.63, 3.8) is 0 Å². The molecule has 0 spiro atoms. The van der Waals surface area contributed by atoms with Crippen LogP contribution in [0.2, 0.25) is 0 Å². The zero-order valence-corrected chi connectivity index (χ0v) is 11.4. The molecule has 1 N–H and O–H groups in total. The SMILES string of the molecule is COC1CCCCC1NCCCc1ccccc1. The van der Waals surface area contributed by atoms with E-state index in [1.807, 2.05) is 7.11 Å². The van der Waals surface area contributed by atoms with Crippen molar-refractivity contribution in [2.75, 3.05) is 13.7 Å². The highest BCUT2D eigenvalue weighted by molar-refractivity contribution is 5.14. The largest absolute Gasteiger partial charge is 0.380 e. The lowest BCUT2D eigenvalue weighted by atomic mass is 9.92. The second kappa shape index (κ2) is 7.55. The van der Waals surface area contributed by atoms with Gasteiger partial charge in [-0.25, -0.2) is 0 Å². The Morgan fingerprint density at radius 1 is 1.17 bits per heavy atom. The second-order valence-electron chi connectivity index (χ2n) is 5.21. The van der Waals surface area contributed by atoms with Crippen molar-refractivity contribution in [3.8, 4) is 0 Å².